The van der Waals surface area contributed by atoms with Crippen molar-refractivity contribution in [3.63, 3.8) is 0 Å². The zero-order valence-electron chi connectivity index (χ0n) is 9.43. The lowest BCUT2D eigenvalue weighted by molar-refractivity contribution is 0.604. The molecule has 0 aliphatic carbocycles. The minimum atomic E-state index is -3.88. The monoisotopic (exact) mass is 280 g/mol. The zero-order chi connectivity index (χ0) is 14.0. The maximum atomic E-state index is 11.7. The fourth-order valence-corrected chi connectivity index (χ4v) is 2.35. The van der Waals surface area contributed by atoms with Gasteiger partial charge < -0.3 is 0 Å². The first-order chi connectivity index (χ1) is 8.94. The van der Waals surface area contributed by atoms with Crippen molar-refractivity contribution in [2.45, 2.75) is 0 Å². The van der Waals surface area contributed by atoms with E-state index in [1.807, 2.05) is 0 Å². The van der Waals surface area contributed by atoms with E-state index in [4.69, 9.17) is 5.26 Å². The van der Waals surface area contributed by atoms with E-state index in [-0.39, 0.29) is 16.5 Å². The van der Waals surface area contributed by atoms with Crippen molar-refractivity contribution in [3.8, 4) is 6.07 Å². The Hall–Kier alpha value is -2.60. The highest BCUT2D eigenvalue weighted by atomic mass is 32.2. The molecule has 98 valence electrons. The molecule has 2 aromatic rings. The average Bonchev–Trinajstić information content (AvgIpc) is 2.33. The Kier molecular flexibility index (Phi) is 3.10. The van der Waals surface area contributed by atoms with Gasteiger partial charge in [0, 0.05) is 0 Å². The van der Waals surface area contributed by atoms with Crippen molar-refractivity contribution in [1.82, 2.24) is 10.2 Å². The molecule has 0 atom stereocenters. The lowest BCUT2D eigenvalue weighted by Gasteiger charge is -2.07. The SMILES string of the molecule is N#CCS(=O)(=O)Nc1cccc2c(=O)[nH][nH]c(=O)c12. The molecule has 0 aliphatic heterocycles. The molecular formula is C10H8N4O4S. The Balaban J connectivity index is 2.70. The summed E-state index contributed by atoms with van der Waals surface area (Å²) in [6.45, 7) is 0. The number of aromatic nitrogens is 2. The van der Waals surface area contributed by atoms with Gasteiger partial charge in [-0.2, -0.15) is 5.26 Å². The van der Waals surface area contributed by atoms with Gasteiger partial charge in [-0.25, -0.2) is 8.42 Å². The van der Waals surface area contributed by atoms with E-state index in [0.717, 1.165) is 0 Å². The molecule has 0 radical (unpaired) electrons. The van der Waals surface area contributed by atoms with Crippen LogP contribution in [0.15, 0.2) is 27.8 Å². The molecule has 0 fully saturated rings. The number of hydrogen-bond donors (Lipinski definition) is 3. The molecule has 2 rings (SSSR count). The van der Waals surface area contributed by atoms with Crippen molar-refractivity contribution < 1.29 is 8.42 Å². The van der Waals surface area contributed by atoms with Gasteiger partial charge >= 0.3 is 0 Å². The summed E-state index contributed by atoms with van der Waals surface area (Å²) in [4.78, 5) is 23.2. The summed E-state index contributed by atoms with van der Waals surface area (Å²) in [6.07, 6.45) is 0. The van der Waals surface area contributed by atoms with E-state index in [1.54, 1.807) is 0 Å². The topological polar surface area (TPSA) is 136 Å². The molecular weight excluding hydrogens is 272 g/mol. The minimum absolute atomic E-state index is 0.0416. The lowest BCUT2D eigenvalue weighted by atomic mass is 10.2. The molecule has 0 bridgehead atoms. The molecule has 0 amide bonds. The number of rotatable bonds is 3. The molecule has 3 N–H and O–H groups in total. The molecule has 0 saturated carbocycles. The predicted octanol–water partition coefficient (Wildman–Crippen LogP) is -0.518. The molecule has 1 aromatic heterocycles. The maximum absolute atomic E-state index is 11.7. The van der Waals surface area contributed by atoms with Crippen molar-refractivity contribution in [1.29, 1.82) is 5.26 Å². The number of hydrogen-bond acceptors (Lipinski definition) is 5. The molecule has 0 unspecified atom stereocenters. The second-order valence-electron chi connectivity index (χ2n) is 3.66. The van der Waals surface area contributed by atoms with Crippen LogP contribution in [0.4, 0.5) is 5.69 Å². The van der Waals surface area contributed by atoms with E-state index in [1.165, 1.54) is 24.3 Å². The third-order valence-corrected chi connectivity index (χ3v) is 3.39. The van der Waals surface area contributed by atoms with Crippen LogP contribution in [0.2, 0.25) is 0 Å². The van der Waals surface area contributed by atoms with Crippen LogP contribution in [0.5, 0.6) is 0 Å². The summed E-state index contributed by atoms with van der Waals surface area (Å²) in [7, 11) is -3.88. The van der Waals surface area contributed by atoms with Gasteiger partial charge in [0.1, 0.15) is 0 Å². The second-order valence-corrected chi connectivity index (χ2v) is 5.38. The normalized spacial score (nSPS) is 11.1. The van der Waals surface area contributed by atoms with Crippen LogP contribution in [0.25, 0.3) is 10.8 Å². The Morgan fingerprint density at radius 2 is 1.89 bits per heavy atom. The third-order valence-electron chi connectivity index (χ3n) is 2.35. The summed E-state index contributed by atoms with van der Waals surface area (Å²) >= 11 is 0. The number of aromatic amines is 2. The zero-order valence-corrected chi connectivity index (χ0v) is 10.2. The van der Waals surface area contributed by atoms with E-state index < -0.39 is 26.9 Å². The van der Waals surface area contributed by atoms with Crippen molar-refractivity contribution in [2.75, 3.05) is 10.5 Å². The van der Waals surface area contributed by atoms with Gasteiger partial charge in [0.25, 0.3) is 11.1 Å². The number of fused-ring (bicyclic) bond motifs is 1. The highest BCUT2D eigenvalue weighted by Gasteiger charge is 2.14. The van der Waals surface area contributed by atoms with Gasteiger partial charge in [-0.1, -0.05) is 6.07 Å². The summed E-state index contributed by atoms with van der Waals surface area (Å²) < 4.78 is 25.1. The van der Waals surface area contributed by atoms with E-state index >= 15 is 0 Å². The quantitative estimate of drug-likeness (QED) is 0.695. The van der Waals surface area contributed by atoms with Gasteiger partial charge in [-0.3, -0.25) is 24.5 Å². The summed E-state index contributed by atoms with van der Waals surface area (Å²) in [6, 6.07) is 5.66. The number of H-pyrrole nitrogens is 2. The van der Waals surface area contributed by atoms with Crippen molar-refractivity contribution >= 4 is 26.5 Å². The number of nitriles is 1. The Morgan fingerprint density at radius 3 is 2.58 bits per heavy atom. The predicted molar refractivity (Wildman–Crippen MR) is 68.2 cm³/mol. The molecule has 1 heterocycles. The van der Waals surface area contributed by atoms with Gasteiger partial charge in [0.15, 0.2) is 5.75 Å². The summed E-state index contributed by atoms with van der Waals surface area (Å²) in [5.74, 6) is -0.746. The molecule has 1 aromatic carbocycles. The Bertz CT molecular complexity index is 888. The average molecular weight is 280 g/mol. The number of nitrogens with zero attached hydrogens (tertiary/aromatic N) is 1. The van der Waals surface area contributed by atoms with Gasteiger partial charge in [0.05, 0.1) is 22.5 Å². The van der Waals surface area contributed by atoms with Crippen LogP contribution in [0, 0.1) is 11.3 Å². The number of nitrogens with one attached hydrogen (secondary N) is 3. The van der Waals surface area contributed by atoms with Crippen LogP contribution in [0.1, 0.15) is 0 Å². The Morgan fingerprint density at radius 1 is 1.21 bits per heavy atom. The van der Waals surface area contributed by atoms with E-state index in [9.17, 15) is 18.0 Å². The van der Waals surface area contributed by atoms with Crippen LogP contribution >= 0.6 is 0 Å². The maximum Gasteiger partial charge on any atom is 0.272 e. The fraction of sp³-hybridized carbons (Fsp3) is 0.100. The molecule has 8 nitrogen and oxygen atoms in total. The first-order valence-electron chi connectivity index (χ1n) is 5.06. The number of benzene rings is 1. The first-order valence-corrected chi connectivity index (χ1v) is 6.71. The van der Waals surface area contributed by atoms with Crippen molar-refractivity contribution in [2.24, 2.45) is 0 Å². The molecule has 9 heteroatoms. The standard InChI is InChI=1S/C10H8N4O4S/c11-4-5-19(17,18)14-7-3-1-2-6-8(7)10(16)13-12-9(6)15/h1-3,14H,5H2,(H,12,15)(H,13,16). The Labute approximate surface area is 106 Å². The first kappa shape index (κ1) is 12.8. The second kappa shape index (κ2) is 4.58. The van der Waals surface area contributed by atoms with Crippen LogP contribution in [-0.2, 0) is 10.0 Å². The highest BCUT2D eigenvalue weighted by molar-refractivity contribution is 7.92. The van der Waals surface area contributed by atoms with Gasteiger partial charge in [0.2, 0.25) is 10.0 Å². The molecule has 0 saturated heterocycles. The fourth-order valence-electron chi connectivity index (χ4n) is 1.60. The highest BCUT2D eigenvalue weighted by Crippen LogP contribution is 2.17. The van der Waals surface area contributed by atoms with E-state index in [0.29, 0.717) is 0 Å². The van der Waals surface area contributed by atoms with E-state index in [2.05, 4.69) is 14.9 Å². The van der Waals surface area contributed by atoms with Gasteiger partial charge in [-0.05, 0) is 12.1 Å². The minimum Gasteiger partial charge on any atom is -0.282 e. The lowest BCUT2D eigenvalue weighted by Crippen LogP contribution is -2.22. The van der Waals surface area contributed by atoms with Gasteiger partial charge in [-0.15, -0.1) is 0 Å². The third kappa shape index (κ3) is 2.48. The van der Waals surface area contributed by atoms with Crippen LogP contribution in [0.3, 0.4) is 0 Å². The number of sulfonamides is 1. The smallest absolute Gasteiger partial charge is 0.272 e. The molecule has 19 heavy (non-hydrogen) atoms. The van der Waals surface area contributed by atoms with Crippen molar-refractivity contribution in [3.05, 3.63) is 38.9 Å². The summed E-state index contributed by atoms with van der Waals surface area (Å²) in [5, 5.41) is 12.6. The largest absolute Gasteiger partial charge is 0.282 e. The molecule has 0 aliphatic rings. The molecule has 0 spiro atoms. The number of anilines is 1. The summed E-state index contributed by atoms with van der Waals surface area (Å²) in [5.41, 5.74) is -1.22. The van der Waals surface area contributed by atoms with Crippen LogP contribution in [-0.4, -0.2) is 24.4 Å². The van der Waals surface area contributed by atoms with Crippen LogP contribution < -0.4 is 15.8 Å².